The summed E-state index contributed by atoms with van der Waals surface area (Å²) in [7, 11) is 0. The molecule has 2 aromatic heterocycles. The van der Waals surface area contributed by atoms with Crippen LogP contribution in [0.15, 0.2) is 41.1 Å². The molecule has 3 aromatic rings. The van der Waals surface area contributed by atoms with Gasteiger partial charge < -0.3 is 23.5 Å². The highest BCUT2D eigenvalue weighted by atomic mass is 16.7. The number of carbonyl (C=O) groups excluding carboxylic acids is 1. The molecule has 1 saturated heterocycles. The molecular weight excluding hydrogens is 372 g/mol. The molecular formula is C21H22N4O4. The van der Waals surface area contributed by atoms with Gasteiger partial charge in [0.2, 0.25) is 18.5 Å². The molecule has 1 amide bonds. The van der Waals surface area contributed by atoms with Crippen LogP contribution in [0, 0.1) is 5.92 Å². The Morgan fingerprint density at radius 1 is 1.17 bits per heavy atom. The predicted molar refractivity (Wildman–Crippen MR) is 104 cm³/mol. The molecule has 8 heteroatoms. The first kappa shape index (κ1) is 17.8. The number of nitrogens with zero attached hydrogens (tertiary/aromatic N) is 4. The number of fused-ring (bicyclic) bond motifs is 1. The van der Waals surface area contributed by atoms with Gasteiger partial charge in [-0.15, -0.1) is 0 Å². The first-order valence-corrected chi connectivity index (χ1v) is 9.84. The van der Waals surface area contributed by atoms with E-state index in [1.165, 1.54) is 0 Å². The van der Waals surface area contributed by atoms with E-state index >= 15 is 0 Å². The summed E-state index contributed by atoms with van der Waals surface area (Å²) in [5.41, 5.74) is 1.50. The van der Waals surface area contributed by atoms with E-state index in [9.17, 15) is 4.79 Å². The van der Waals surface area contributed by atoms with Crippen molar-refractivity contribution in [3.63, 3.8) is 0 Å². The molecule has 0 unspecified atom stereocenters. The Bertz CT molecular complexity index is 1030. The van der Waals surface area contributed by atoms with Crippen molar-refractivity contribution < 1.29 is 18.8 Å². The van der Waals surface area contributed by atoms with E-state index in [-0.39, 0.29) is 19.2 Å². The summed E-state index contributed by atoms with van der Waals surface area (Å²) < 4.78 is 18.1. The van der Waals surface area contributed by atoms with Gasteiger partial charge in [-0.05, 0) is 49.1 Å². The predicted octanol–water partition coefficient (Wildman–Crippen LogP) is 3.19. The summed E-state index contributed by atoms with van der Waals surface area (Å²) >= 11 is 0. The van der Waals surface area contributed by atoms with Crippen molar-refractivity contribution in [2.45, 2.75) is 26.3 Å². The van der Waals surface area contributed by atoms with Crippen molar-refractivity contribution in [2.75, 3.05) is 19.9 Å². The second kappa shape index (κ2) is 7.27. The van der Waals surface area contributed by atoms with Gasteiger partial charge >= 0.3 is 0 Å². The molecule has 0 atom stereocenters. The molecule has 0 aliphatic carbocycles. The highest BCUT2D eigenvalue weighted by molar-refractivity contribution is 5.77. The normalized spacial score (nSPS) is 16.4. The van der Waals surface area contributed by atoms with Crippen molar-refractivity contribution in [2.24, 2.45) is 5.92 Å². The molecule has 0 saturated carbocycles. The minimum atomic E-state index is 0.116. The second-order valence-electron chi connectivity index (χ2n) is 7.58. The Kier molecular flexibility index (Phi) is 4.46. The van der Waals surface area contributed by atoms with E-state index in [4.69, 9.17) is 14.0 Å². The number of aromatic nitrogens is 3. The quantitative estimate of drug-likeness (QED) is 0.676. The number of hydrogen-bond acceptors (Lipinski definition) is 6. The van der Waals surface area contributed by atoms with Gasteiger partial charge in [-0.1, -0.05) is 12.1 Å². The lowest BCUT2D eigenvalue weighted by atomic mass is 9.99. The van der Waals surface area contributed by atoms with Gasteiger partial charge in [-0.3, -0.25) is 4.79 Å². The van der Waals surface area contributed by atoms with Gasteiger partial charge in [0, 0.05) is 24.8 Å². The fourth-order valence-electron chi connectivity index (χ4n) is 3.73. The summed E-state index contributed by atoms with van der Waals surface area (Å²) in [6.07, 6.45) is 3.99. The van der Waals surface area contributed by atoms with Crippen LogP contribution in [-0.4, -0.2) is 45.4 Å². The summed E-state index contributed by atoms with van der Waals surface area (Å²) in [6.45, 7) is 4.36. The number of piperidine rings is 1. The molecule has 29 heavy (non-hydrogen) atoms. The fraction of sp³-hybridized carbons (Fsp3) is 0.381. The van der Waals surface area contributed by atoms with Crippen LogP contribution in [-0.2, 0) is 11.3 Å². The molecule has 0 bridgehead atoms. The highest BCUT2D eigenvalue weighted by Gasteiger charge is 2.22. The fourth-order valence-corrected chi connectivity index (χ4v) is 3.73. The molecule has 2 aliphatic rings. The van der Waals surface area contributed by atoms with Crippen LogP contribution in [0.1, 0.15) is 19.8 Å². The molecule has 8 nitrogen and oxygen atoms in total. The van der Waals surface area contributed by atoms with Gasteiger partial charge in [0.1, 0.15) is 12.2 Å². The number of rotatable bonds is 4. The Labute approximate surface area is 168 Å². The van der Waals surface area contributed by atoms with Gasteiger partial charge in [-0.2, -0.15) is 4.98 Å². The third-order valence-electron chi connectivity index (χ3n) is 5.55. The van der Waals surface area contributed by atoms with Gasteiger partial charge in [0.15, 0.2) is 11.5 Å². The summed E-state index contributed by atoms with van der Waals surface area (Å²) in [5.74, 6) is 3.01. The van der Waals surface area contributed by atoms with Crippen molar-refractivity contribution in [1.82, 2.24) is 19.6 Å². The Balaban J connectivity index is 1.34. The maximum Gasteiger partial charge on any atom is 0.274 e. The average Bonchev–Trinajstić information content (AvgIpc) is 3.48. The molecule has 150 valence electrons. The lowest BCUT2D eigenvalue weighted by Crippen LogP contribution is -2.39. The first-order chi connectivity index (χ1) is 14.2. The zero-order chi connectivity index (χ0) is 19.8. The van der Waals surface area contributed by atoms with Gasteiger partial charge in [0.05, 0.1) is 0 Å². The zero-order valence-electron chi connectivity index (χ0n) is 16.2. The molecule has 0 spiro atoms. The van der Waals surface area contributed by atoms with E-state index < -0.39 is 0 Å². The Morgan fingerprint density at radius 2 is 2.00 bits per heavy atom. The van der Waals surface area contributed by atoms with Gasteiger partial charge in [-0.25, -0.2) is 0 Å². The van der Waals surface area contributed by atoms with Crippen LogP contribution < -0.4 is 9.47 Å². The van der Waals surface area contributed by atoms with Crippen molar-refractivity contribution >= 4 is 5.91 Å². The lowest BCUT2D eigenvalue weighted by Gasteiger charge is -2.30. The van der Waals surface area contributed by atoms with Crippen LogP contribution in [0.25, 0.3) is 23.0 Å². The largest absolute Gasteiger partial charge is 0.454 e. The number of benzene rings is 1. The van der Waals surface area contributed by atoms with Crippen LogP contribution in [0.4, 0.5) is 0 Å². The van der Waals surface area contributed by atoms with E-state index in [0.717, 1.165) is 37.2 Å². The first-order valence-electron chi connectivity index (χ1n) is 9.84. The third-order valence-corrected chi connectivity index (χ3v) is 5.55. The third kappa shape index (κ3) is 3.46. The van der Waals surface area contributed by atoms with E-state index in [1.54, 1.807) is 0 Å². The molecule has 1 aromatic carbocycles. The minimum Gasteiger partial charge on any atom is -0.454 e. The van der Waals surface area contributed by atoms with E-state index in [1.807, 2.05) is 46.0 Å². The molecule has 4 heterocycles. The Hall–Kier alpha value is -3.29. The minimum absolute atomic E-state index is 0.116. The number of ether oxygens (including phenoxy) is 2. The average molecular weight is 394 g/mol. The van der Waals surface area contributed by atoms with E-state index in [0.29, 0.717) is 29.1 Å². The molecule has 2 aliphatic heterocycles. The molecule has 0 radical (unpaired) electrons. The number of hydrogen-bond donors (Lipinski definition) is 0. The highest BCUT2D eigenvalue weighted by Crippen LogP contribution is 2.35. The Morgan fingerprint density at radius 3 is 2.86 bits per heavy atom. The number of likely N-dealkylation sites (tertiary alicyclic amines) is 1. The van der Waals surface area contributed by atoms with Crippen molar-refractivity contribution in [1.29, 1.82) is 0 Å². The maximum atomic E-state index is 12.7. The van der Waals surface area contributed by atoms with Crippen LogP contribution in [0.2, 0.25) is 0 Å². The maximum absolute atomic E-state index is 12.7. The van der Waals surface area contributed by atoms with Crippen LogP contribution in [0.3, 0.4) is 0 Å². The zero-order valence-corrected chi connectivity index (χ0v) is 16.2. The van der Waals surface area contributed by atoms with Gasteiger partial charge in [0.25, 0.3) is 5.89 Å². The monoisotopic (exact) mass is 394 g/mol. The topological polar surface area (TPSA) is 82.6 Å². The number of amides is 1. The second-order valence-corrected chi connectivity index (χ2v) is 7.58. The smallest absolute Gasteiger partial charge is 0.274 e. The van der Waals surface area contributed by atoms with Crippen molar-refractivity contribution in [3.05, 3.63) is 36.5 Å². The van der Waals surface area contributed by atoms with Crippen LogP contribution in [0.5, 0.6) is 11.5 Å². The summed E-state index contributed by atoms with van der Waals surface area (Å²) in [4.78, 5) is 19.2. The van der Waals surface area contributed by atoms with Crippen LogP contribution >= 0.6 is 0 Å². The van der Waals surface area contributed by atoms with E-state index in [2.05, 4.69) is 17.1 Å². The molecule has 1 fully saturated rings. The number of carbonyl (C=O) groups is 1. The molecule has 5 rings (SSSR count). The SMILES string of the molecule is CC1CCN(C(=O)Cn2cccc2-c2nc(-c3ccc4c(c3)OCO4)no2)CC1. The molecule has 0 N–H and O–H groups in total. The van der Waals surface area contributed by atoms with Crippen molar-refractivity contribution in [3.8, 4) is 34.5 Å². The summed E-state index contributed by atoms with van der Waals surface area (Å²) in [6, 6.07) is 9.28. The standard InChI is InChI=1S/C21H22N4O4/c1-14-6-9-24(10-7-14)19(26)12-25-8-2-3-16(25)21-22-20(23-29-21)15-4-5-17-18(11-15)28-13-27-17/h2-5,8,11,14H,6-7,9-10,12-13H2,1H3. The summed E-state index contributed by atoms with van der Waals surface area (Å²) in [5, 5.41) is 4.10. The lowest BCUT2D eigenvalue weighted by molar-refractivity contribution is -0.133.